The number of fused-ring (bicyclic) bond motifs is 1. The van der Waals surface area contributed by atoms with Crippen molar-refractivity contribution in [2.45, 2.75) is 0 Å². The molecule has 25 heavy (non-hydrogen) atoms. The van der Waals surface area contributed by atoms with Crippen LogP contribution in [0.4, 0.5) is 5.69 Å². The normalized spacial score (nSPS) is 11.7. The summed E-state index contributed by atoms with van der Waals surface area (Å²) in [5.74, 6) is 0.706. The minimum absolute atomic E-state index is 0.505. The molecule has 0 aliphatic carbocycles. The summed E-state index contributed by atoms with van der Waals surface area (Å²) < 4.78 is 28.6. The first kappa shape index (κ1) is 15.3. The van der Waals surface area contributed by atoms with Gasteiger partial charge in [0.2, 0.25) is 10.0 Å². The molecular formula is C16H14N6O2S. The zero-order valence-corrected chi connectivity index (χ0v) is 14.1. The number of benzene rings is 1. The van der Waals surface area contributed by atoms with Crippen LogP contribution in [0.3, 0.4) is 0 Å². The monoisotopic (exact) mass is 354 g/mol. The van der Waals surface area contributed by atoms with E-state index in [-0.39, 0.29) is 0 Å². The molecule has 0 spiro atoms. The fraction of sp³-hybridized carbons (Fsp3) is 0.0625. The maximum absolute atomic E-state index is 11.3. The van der Waals surface area contributed by atoms with E-state index in [2.05, 4.69) is 19.8 Å². The zero-order chi connectivity index (χ0) is 17.4. The van der Waals surface area contributed by atoms with Crippen LogP contribution in [0.1, 0.15) is 0 Å². The molecule has 9 heteroatoms. The molecule has 0 atom stereocenters. The molecule has 0 bridgehead atoms. The smallest absolute Gasteiger partial charge is 0.229 e. The Labute approximate surface area is 143 Å². The summed E-state index contributed by atoms with van der Waals surface area (Å²) in [6.45, 7) is 0. The molecule has 126 valence electrons. The second-order valence-corrected chi connectivity index (χ2v) is 7.24. The van der Waals surface area contributed by atoms with Gasteiger partial charge in [-0.3, -0.25) is 9.29 Å². The molecule has 0 unspecified atom stereocenters. The number of hydrogen-bond donors (Lipinski definition) is 1. The number of rotatable bonds is 4. The first-order valence-electron chi connectivity index (χ1n) is 7.41. The molecule has 3 aromatic heterocycles. The Morgan fingerprint density at radius 1 is 1.04 bits per heavy atom. The lowest BCUT2D eigenvalue weighted by Crippen LogP contribution is -2.09. The van der Waals surface area contributed by atoms with Gasteiger partial charge in [0.25, 0.3) is 0 Å². The van der Waals surface area contributed by atoms with Gasteiger partial charge < -0.3 is 0 Å². The predicted octanol–water partition coefficient (Wildman–Crippen LogP) is 1.95. The molecule has 8 nitrogen and oxygen atoms in total. The summed E-state index contributed by atoms with van der Waals surface area (Å²) >= 11 is 0. The fourth-order valence-corrected chi connectivity index (χ4v) is 3.16. The van der Waals surface area contributed by atoms with Crippen LogP contribution >= 0.6 is 0 Å². The first-order chi connectivity index (χ1) is 12.0. The second kappa shape index (κ2) is 5.71. The summed E-state index contributed by atoms with van der Waals surface area (Å²) in [5, 5.41) is 4.29. The molecule has 1 N–H and O–H groups in total. The van der Waals surface area contributed by atoms with Gasteiger partial charge in [-0.25, -0.2) is 22.9 Å². The summed E-state index contributed by atoms with van der Waals surface area (Å²) in [6, 6.07) is 8.85. The van der Waals surface area contributed by atoms with Crippen molar-refractivity contribution >= 4 is 21.4 Å². The van der Waals surface area contributed by atoms with E-state index in [1.165, 1.54) is 0 Å². The second-order valence-electron chi connectivity index (χ2n) is 5.49. The van der Waals surface area contributed by atoms with Crippen molar-refractivity contribution < 1.29 is 8.42 Å². The minimum Gasteiger partial charge on any atom is -0.300 e. The quantitative estimate of drug-likeness (QED) is 0.604. The van der Waals surface area contributed by atoms with E-state index in [0.29, 0.717) is 17.2 Å². The van der Waals surface area contributed by atoms with Crippen molar-refractivity contribution in [2.75, 3.05) is 11.0 Å². The van der Waals surface area contributed by atoms with Gasteiger partial charge in [-0.05, 0) is 30.3 Å². The predicted molar refractivity (Wildman–Crippen MR) is 94.0 cm³/mol. The van der Waals surface area contributed by atoms with Crippen molar-refractivity contribution in [3.05, 3.63) is 61.3 Å². The number of sulfonamides is 1. The average molecular weight is 354 g/mol. The molecule has 4 aromatic rings. The third-order valence-corrected chi connectivity index (χ3v) is 4.22. The van der Waals surface area contributed by atoms with Crippen molar-refractivity contribution in [3.63, 3.8) is 0 Å². The Bertz CT molecular complexity index is 1140. The van der Waals surface area contributed by atoms with Crippen LogP contribution in [0, 0.1) is 0 Å². The van der Waals surface area contributed by atoms with Gasteiger partial charge in [0, 0.05) is 36.2 Å². The maximum Gasteiger partial charge on any atom is 0.229 e. The third-order valence-electron chi connectivity index (χ3n) is 3.61. The van der Waals surface area contributed by atoms with Crippen LogP contribution in [-0.4, -0.2) is 38.8 Å². The van der Waals surface area contributed by atoms with Crippen molar-refractivity contribution in [2.24, 2.45) is 0 Å². The number of nitrogens with one attached hydrogen (secondary N) is 1. The SMILES string of the molecule is CS(=O)(=O)Nc1ccc(-n2ccnc2-c2cnn3cccnc23)cc1. The molecule has 0 aliphatic heterocycles. The van der Waals surface area contributed by atoms with Crippen molar-refractivity contribution in [1.29, 1.82) is 0 Å². The van der Waals surface area contributed by atoms with Crippen molar-refractivity contribution in [1.82, 2.24) is 24.1 Å². The zero-order valence-electron chi connectivity index (χ0n) is 13.2. The Kier molecular flexibility index (Phi) is 3.50. The number of hydrogen-bond acceptors (Lipinski definition) is 5. The van der Waals surface area contributed by atoms with Crippen LogP contribution in [0.2, 0.25) is 0 Å². The van der Waals surface area contributed by atoms with Gasteiger partial charge in [0.15, 0.2) is 5.65 Å². The molecule has 0 fully saturated rings. The summed E-state index contributed by atoms with van der Waals surface area (Å²) in [4.78, 5) is 8.78. The highest BCUT2D eigenvalue weighted by Crippen LogP contribution is 2.25. The van der Waals surface area contributed by atoms with E-state index in [0.717, 1.165) is 17.5 Å². The van der Waals surface area contributed by atoms with Gasteiger partial charge >= 0.3 is 0 Å². The van der Waals surface area contributed by atoms with E-state index in [1.54, 1.807) is 35.2 Å². The van der Waals surface area contributed by atoms with Crippen LogP contribution in [-0.2, 0) is 10.0 Å². The lowest BCUT2D eigenvalue weighted by molar-refractivity contribution is 0.607. The summed E-state index contributed by atoms with van der Waals surface area (Å²) in [6.07, 6.45) is 9.91. The van der Waals surface area contributed by atoms with E-state index in [1.807, 2.05) is 35.2 Å². The lowest BCUT2D eigenvalue weighted by Gasteiger charge is -2.09. The van der Waals surface area contributed by atoms with Crippen molar-refractivity contribution in [3.8, 4) is 17.1 Å². The molecule has 0 radical (unpaired) electrons. The van der Waals surface area contributed by atoms with Crippen LogP contribution < -0.4 is 4.72 Å². The Balaban J connectivity index is 1.75. The van der Waals surface area contributed by atoms with E-state index in [9.17, 15) is 8.42 Å². The van der Waals surface area contributed by atoms with Gasteiger partial charge in [-0.1, -0.05) is 0 Å². The Morgan fingerprint density at radius 2 is 1.84 bits per heavy atom. The van der Waals surface area contributed by atoms with Crippen LogP contribution in [0.15, 0.2) is 61.3 Å². The number of imidazole rings is 1. The summed E-state index contributed by atoms with van der Waals surface area (Å²) in [7, 11) is -3.30. The van der Waals surface area contributed by atoms with Gasteiger partial charge in [0.05, 0.1) is 18.0 Å². The molecule has 0 saturated carbocycles. The fourth-order valence-electron chi connectivity index (χ4n) is 2.60. The minimum atomic E-state index is -3.30. The lowest BCUT2D eigenvalue weighted by atomic mass is 10.2. The molecule has 3 heterocycles. The number of aromatic nitrogens is 5. The molecule has 0 saturated heterocycles. The van der Waals surface area contributed by atoms with Gasteiger partial charge in [0.1, 0.15) is 5.82 Å². The molecule has 1 aromatic carbocycles. The standard InChI is InChI=1S/C16H14N6O2S/c1-25(23,24)20-12-3-5-13(6-4-12)21-10-8-18-15(21)14-11-19-22-9-2-7-17-16(14)22/h2-11,20H,1H3. The van der Waals surface area contributed by atoms with Crippen LogP contribution in [0.5, 0.6) is 0 Å². The molecule has 4 rings (SSSR count). The molecule has 0 amide bonds. The third kappa shape index (κ3) is 2.96. The highest BCUT2D eigenvalue weighted by molar-refractivity contribution is 7.92. The topological polar surface area (TPSA) is 94.2 Å². The molecular weight excluding hydrogens is 340 g/mol. The van der Waals surface area contributed by atoms with E-state index in [4.69, 9.17) is 0 Å². The largest absolute Gasteiger partial charge is 0.300 e. The number of anilines is 1. The molecule has 0 aliphatic rings. The average Bonchev–Trinajstić information content (AvgIpc) is 3.20. The maximum atomic E-state index is 11.3. The van der Waals surface area contributed by atoms with Gasteiger partial charge in [-0.15, -0.1) is 0 Å². The Hall–Kier alpha value is -3.20. The van der Waals surface area contributed by atoms with E-state index < -0.39 is 10.0 Å². The highest BCUT2D eigenvalue weighted by atomic mass is 32.2. The Morgan fingerprint density at radius 3 is 2.60 bits per heavy atom. The van der Waals surface area contributed by atoms with Gasteiger partial charge in [-0.2, -0.15) is 5.10 Å². The summed E-state index contributed by atoms with van der Waals surface area (Å²) in [5.41, 5.74) is 2.88. The first-order valence-corrected chi connectivity index (χ1v) is 9.31. The highest BCUT2D eigenvalue weighted by Gasteiger charge is 2.14. The van der Waals surface area contributed by atoms with E-state index >= 15 is 0 Å². The van der Waals surface area contributed by atoms with Crippen LogP contribution in [0.25, 0.3) is 22.7 Å². The number of nitrogens with zero attached hydrogens (tertiary/aromatic N) is 5.